The summed E-state index contributed by atoms with van der Waals surface area (Å²) < 4.78 is 0. The highest BCUT2D eigenvalue weighted by molar-refractivity contribution is 5.97. The van der Waals surface area contributed by atoms with Crippen LogP contribution >= 0.6 is 0 Å². The third-order valence-corrected chi connectivity index (χ3v) is 2.93. The minimum Gasteiger partial charge on any atom is -0.508 e. The van der Waals surface area contributed by atoms with Gasteiger partial charge >= 0.3 is 0 Å². The van der Waals surface area contributed by atoms with Crippen LogP contribution in [-0.4, -0.2) is 35.4 Å². The number of nitrogens with zero attached hydrogens (tertiary/aromatic N) is 1. The lowest BCUT2D eigenvalue weighted by molar-refractivity contribution is 0.0923. The standard InChI is InChI=1S/C13H19NO2/c1-4-10(2)14(3)9-13(16)11-5-7-12(15)8-6-11/h5-8,10,15H,4,9H2,1-3H3. The van der Waals surface area contributed by atoms with Gasteiger partial charge in [-0.05, 0) is 44.7 Å². The highest BCUT2D eigenvalue weighted by Crippen LogP contribution is 2.11. The van der Waals surface area contributed by atoms with Crippen molar-refractivity contribution in [3.8, 4) is 5.75 Å². The zero-order chi connectivity index (χ0) is 12.1. The Balaban J connectivity index is 2.62. The second-order valence-electron chi connectivity index (χ2n) is 4.14. The highest BCUT2D eigenvalue weighted by atomic mass is 16.3. The Morgan fingerprint density at radius 1 is 1.38 bits per heavy atom. The maximum Gasteiger partial charge on any atom is 0.176 e. The van der Waals surface area contributed by atoms with Crippen molar-refractivity contribution >= 4 is 5.78 Å². The number of hydrogen-bond donors (Lipinski definition) is 1. The minimum atomic E-state index is 0.0859. The number of likely N-dealkylation sites (N-methyl/N-ethyl adjacent to an activating group) is 1. The topological polar surface area (TPSA) is 40.5 Å². The molecule has 1 N–H and O–H groups in total. The molecule has 1 rings (SSSR count). The van der Waals surface area contributed by atoms with Crippen LogP contribution in [0.4, 0.5) is 0 Å². The summed E-state index contributed by atoms with van der Waals surface area (Å²) >= 11 is 0. The lowest BCUT2D eigenvalue weighted by Crippen LogP contribution is -2.33. The Hall–Kier alpha value is -1.35. The average molecular weight is 221 g/mol. The van der Waals surface area contributed by atoms with E-state index in [2.05, 4.69) is 13.8 Å². The summed E-state index contributed by atoms with van der Waals surface area (Å²) in [6, 6.07) is 6.79. The first-order valence-electron chi connectivity index (χ1n) is 5.57. The van der Waals surface area contributed by atoms with E-state index in [4.69, 9.17) is 5.11 Å². The molecule has 0 heterocycles. The summed E-state index contributed by atoms with van der Waals surface area (Å²) in [4.78, 5) is 13.9. The molecule has 0 aromatic heterocycles. The van der Waals surface area contributed by atoms with Gasteiger partial charge in [0.05, 0.1) is 6.54 Å². The second kappa shape index (κ2) is 5.66. The Kier molecular flexibility index (Phi) is 4.50. The Labute approximate surface area is 96.7 Å². The molecule has 1 aromatic rings. The highest BCUT2D eigenvalue weighted by Gasteiger charge is 2.12. The van der Waals surface area contributed by atoms with Gasteiger partial charge < -0.3 is 5.11 Å². The molecular formula is C13H19NO2. The van der Waals surface area contributed by atoms with Crippen molar-refractivity contribution in [2.24, 2.45) is 0 Å². The molecule has 1 atom stereocenters. The number of benzene rings is 1. The number of carbonyl (C=O) groups is 1. The first-order chi connectivity index (χ1) is 7.54. The quantitative estimate of drug-likeness (QED) is 0.776. The van der Waals surface area contributed by atoms with E-state index >= 15 is 0 Å². The van der Waals surface area contributed by atoms with Gasteiger partial charge in [-0.25, -0.2) is 0 Å². The van der Waals surface area contributed by atoms with E-state index in [9.17, 15) is 4.79 Å². The number of phenolic OH excluding ortho intramolecular Hbond substituents is 1. The van der Waals surface area contributed by atoms with Crippen molar-refractivity contribution in [3.05, 3.63) is 29.8 Å². The predicted octanol–water partition coefficient (Wildman–Crippen LogP) is 2.31. The van der Waals surface area contributed by atoms with Crippen molar-refractivity contribution in [2.75, 3.05) is 13.6 Å². The van der Waals surface area contributed by atoms with Gasteiger partial charge in [0.15, 0.2) is 5.78 Å². The molecule has 0 aliphatic heterocycles. The summed E-state index contributed by atoms with van der Waals surface area (Å²) in [5.41, 5.74) is 0.646. The van der Waals surface area contributed by atoms with Crippen LogP contribution in [0, 0.1) is 0 Å². The Morgan fingerprint density at radius 2 is 1.94 bits per heavy atom. The fraction of sp³-hybridized carbons (Fsp3) is 0.462. The SMILES string of the molecule is CCC(C)N(C)CC(=O)c1ccc(O)cc1. The van der Waals surface area contributed by atoms with Gasteiger partial charge in [0.25, 0.3) is 0 Å². The summed E-state index contributed by atoms with van der Waals surface area (Å²) in [7, 11) is 1.95. The van der Waals surface area contributed by atoms with Crippen LogP contribution in [0.3, 0.4) is 0 Å². The van der Waals surface area contributed by atoms with Crippen molar-refractivity contribution in [3.63, 3.8) is 0 Å². The number of hydrogen-bond acceptors (Lipinski definition) is 3. The minimum absolute atomic E-state index is 0.0859. The molecular weight excluding hydrogens is 202 g/mol. The summed E-state index contributed by atoms with van der Waals surface area (Å²) in [6.07, 6.45) is 1.03. The first-order valence-corrected chi connectivity index (χ1v) is 5.57. The van der Waals surface area contributed by atoms with Crippen molar-refractivity contribution in [1.82, 2.24) is 4.90 Å². The van der Waals surface area contributed by atoms with Crippen LogP contribution in [0.15, 0.2) is 24.3 Å². The number of carbonyl (C=O) groups excluding carboxylic acids is 1. The van der Waals surface area contributed by atoms with Crippen LogP contribution < -0.4 is 0 Å². The monoisotopic (exact) mass is 221 g/mol. The zero-order valence-corrected chi connectivity index (χ0v) is 10.1. The molecule has 0 fully saturated rings. The van der Waals surface area contributed by atoms with E-state index in [0.717, 1.165) is 6.42 Å². The van der Waals surface area contributed by atoms with E-state index in [-0.39, 0.29) is 11.5 Å². The van der Waals surface area contributed by atoms with Crippen molar-refractivity contribution in [1.29, 1.82) is 0 Å². The molecule has 0 aliphatic rings. The number of Topliss-reactive ketones (excluding diaryl/α,β-unsaturated/α-hetero) is 1. The summed E-state index contributed by atoms with van der Waals surface area (Å²) in [5, 5.41) is 9.12. The van der Waals surface area contributed by atoms with Gasteiger partial charge in [0.1, 0.15) is 5.75 Å². The summed E-state index contributed by atoms with van der Waals surface area (Å²) in [6.45, 7) is 4.62. The van der Waals surface area contributed by atoms with Gasteiger partial charge in [-0.2, -0.15) is 0 Å². The van der Waals surface area contributed by atoms with E-state index < -0.39 is 0 Å². The molecule has 0 saturated heterocycles. The molecule has 88 valence electrons. The van der Waals surface area contributed by atoms with E-state index in [0.29, 0.717) is 18.2 Å². The lowest BCUT2D eigenvalue weighted by Gasteiger charge is -2.22. The Morgan fingerprint density at radius 3 is 2.44 bits per heavy atom. The molecule has 0 aliphatic carbocycles. The molecule has 0 saturated carbocycles. The summed E-state index contributed by atoms with van der Waals surface area (Å²) in [5.74, 6) is 0.273. The molecule has 0 bridgehead atoms. The zero-order valence-electron chi connectivity index (χ0n) is 10.1. The van der Waals surface area contributed by atoms with Crippen LogP contribution in [-0.2, 0) is 0 Å². The lowest BCUT2D eigenvalue weighted by atomic mass is 10.1. The third kappa shape index (κ3) is 3.35. The predicted molar refractivity (Wildman–Crippen MR) is 64.8 cm³/mol. The fourth-order valence-corrected chi connectivity index (χ4v) is 1.43. The van der Waals surface area contributed by atoms with Crippen LogP contribution in [0.5, 0.6) is 5.75 Å². The van der Waals surface area contributed by atoms with E-state index in [1.165, 1.54) is 12.1 Å². The van der Waals surface area contributed by atoms with Gasteiger partial charge in [-0.3, -0.25) is 9.69 Å². The normalized spacial score (nSPS) is 12.8. The molecule has 1 unspecified atom stereocenters. The maximum atomic E-state index is 11.9. The molecule has 3 heteroatoms. The number of ketones is 1. The molecule has 3 nitrogen and oxygen atoms in total. The third-order valence-electron chi connectivity index (χ3n) is 2.93. The van der Waals surface area contributed by atoms with Crippen molar-refractivity contribution in [2.45, 2.75) is 26.3 Å². The van der Waals surface area contributed by atoms with Gasteiger partial charge in [0.2, 0.25) is 0 Å². The maximum absolute atomic E-state index is 11.9. The number of phenols is 1. The molecule has 0 amide bonds. The number of rotatable bonds is 5. The van der Waals surface area contributed by atoms with Gasteiger partial charge in [-0.15, -0.1) is 0 Å². The average Bonchev–Trinajstić information content (AvgIpc) is 2.28. The molecule has 16 heavy (non-hydrogen) atoms. The number of aromatic hydroxyl groups is 1. The smallest absolute Gasteiger partial charge is 0.176 e. The van der Waals surface area contributed by atoms with Gasteiger partial charge in [-0.1, -0.05) is 6.92 Å². The molecule has 0 radical (unpaired) electrons. The largest absolute Gasteiger partial charge is 0.508 e. The first kappa shape index (κ1) is 12.7. The van der Waals surface area contributed by atoms with E-state index in [1.54, 1.807) is 12.1 Å². The molecule has 0 spiro atoms. The molecule has 1 aromatic carbocycles. The van der Waals surface area contributed by atoms with Gasteiger partial charge in [0, 0.05) is 11.6 Å². The van der Waals surface area contributed by atoms with Crippen LogP contribution in [0.2, 0.25) is 0 Å². The van der Waals surface area contributed by atoms with E-state index in [1.807, 2.05) is 11.9 Å². The second-order valence-corrected chi connectivity index (χ2v) is 4.14. The van der Waals surface area contributed by atoms with Crippen molar-refractivity contribution < 1.29 is 9.90 Å². The fourth-order valence-electron chi connectivity index (χ4n) is 1.43. The van der Waals surface area contributed by atoms with Crippen LogP contribution in [0.1, 0.15) is 30.6 Å². The Bertz CT molecular complexity index is 345. The van der Waals surface area contributed by atoms with Crippen LogP contribution in [0.25, 0.3) is 0 Å².